The van der Waals surface area contributed by atoms with Crippen LogP contribution in [-0.4, -0.2) is 34.0 Å². The first kappa shape index (κ1) is 25.3. The van der Waals surface area contributed by atoms with Crippen LogP contribution in [0.1, 0.15) is 25.8 Å². The first-order valence-corrected chi connectivity index (χ1v) is 13.0. The average Bonchev–Trinajstić information content (AvgIpc) is 2.86. The van der Waals surface area contributed by atoms with Crippen LogP contribution in [0.3, 0.4) is 0 Å². The van der Waals surface area contributed by atoms with E-state index < -0.39 is 10.0 Å². The molecule has 0 saturated carbocycles. The second kappa shape index (κ2) is 12.2. The van der Waals surface area contributed by atoms with E-state index in [-0.39, 0.29) is 23.3 Å². The minimum atomic E-state index is -3.96. The molecule has 6 nitrogen and oxygen atoms in total. The maximum absolute atomic E-state index is 13.5. The molecule has 0 saturated heterocycles. The smallest absolute Gasteiger partial charge is 0.264 e. The molecule has 0 spiro atoms. The van der Waals surface area contributed by atoms with Crippen molar-refractivity contribution >= 4 is 21.6 Å². The lowest BCUT2D eigenvalue weighted by molar-refractivity contribution is -0.119. The van der Waals surface area contributed by atoms with Crippen LogP contribution in [0.2, 0.25) is 0 Å². The lowest BCUT2D eigenvalue weighted by Gasteiger charge is -2.25. The summed E-state index contributed by atoms with van der Waals surface area (Å²) < 4.78 is 33.5. The molecule has 3 rings (SSSR count). The summed E-state index contributed by atoms with van der Waals surface area (Å²) in [6.45, 7) is 4.62. The number of sulfonamides is 1. The molecule has 34 heavy (non-hydrogen) atoms. The molecule has 3 aromatic rings. The number of nitrogens with one attached hydrogen (secondary N) is 1. The van der Waals surface area contributed by atoms with E-state index in [1.54, 1.807) is 42.5 Å². The van der Waals surface area contributed by atoms with E-state index >= 15 is 0 Å². The Balaban J connectivity index is 1.74. The first-order chi connectivity index (χ1) is 16.4. The zero-order valence-electron chi connectivity index (χ0n) is 19.7. The fourth-order valence-electron chi connectivity index (χ4n) is 3.66. The van der Waals surface area contributed by atoms with Crippen LogP contribution in [0.25, 0.3) is 0 Å². The number of carbonyl (C=O) groups excluding carboxylic acids is 1. The Hall–Kier alpha value is -3.32. The van der Waals surface area contributed by atoms with Crippen molar-refractivity contribution in [2.75, 3.05) is 24.0 Å². The van der Waals surface area contributed by atoms with Gasteiger partial charge in [0, 0.05) is 6.54 Å². The normalized spacial score (nSPS) is 12.1. The second-order valence-electron chi connectivity index (χ2n) is 8.02. The summed E-state index contributed by atoms with van der Waals surface area (Å²) in [5, 5.41) is 2.94. The number of ether oxygens (including phenoxy) is 1. The number of hydrogen-bond donors (Lipinski definition) is 1. The number of anilines is 1. The topological polar surface area (TPSA) is 75.7 Å². The summed E-state index contributed by atoms with van der Waals surface area (Å²) in [5.41, 5.74) is 1.65. The molecule has 0 bridgehead atoms. The van der Waals surface area contributed by atoms with Gasteiger partial charge >= 0.3 is 0 Å². The van der Waals surface area contributed by atoms with Crippen LogP contribution < -0.4 is 14.4 Å². The minimum absolute atomic E-state index is 0.100. The van der Waals surface area contributed by atoms with Crippen LogP contribution in [0, 0.1) is 5.92 Å². The molecule has 1 N–H and O–H groups in total. The largest absolute Gasteiger partial charge is 0.494 e. The van der Waals surface area contributed by atoms with Gasteiger partial charge in [-0.1, -0.05) is 61.9 Å². The summed E-state index contributed by atoms with van der Waals surface area (Å²) in [6, 6.07) is 25.1. The van der Waals surface area contributed by atoms with Gasteiger partial charge in [0.1, 0.15) is 12.3 Å². The molecule has 1 atom stereocenters. The summed E-state index contributed by atoms with van der Waals surface area (Å²) >= 11 is 0. The van der Waals surface area contributed by atoms with Gasteiger partial charge in [-0.3, -0.25) is 9.10 Å². The molecular formula is C27H32N2O4S. The third-order valence-electron chi connectivity index (χ3n) is 5.59. The molecule has 0 heterocycles. The molecule has 0 aliphatic carbocycles. The van der Waals surface area contributed by atoms with Crippen LogP contribution in [-0.2, 0) is 21.2 Å². The van der Waals surface area contributed by atoms with Crippen molar-refractivity contribution < 1.29 is 17.9 Å². The highest BCUT2D eigenvalue weighted by Crippen LogP contribution is 2.25. The van der Waals surface area contributed by atoms with Crippen molar-refractivity contribution in [1.29, 1.82) is 0 Å². The maximum atomic E-state index is 13.5. The van der Waals surface area contributed by atoms with Crippen molar-refractivity contribution in [1.82, 2.24) is 5.32 Å². The summed E-state index contributed by atoms with van der Waals surface area (Å²) in [5.74, 6) is 0.513. The number of para-hydroxylation sites is 1. The van der Waals surface area contributed by atoms with E-state index in [1.807, 2.05) is 25.1 Å². The maximum Gasteiger partial charge on any atom is 0.264 e. The van der Waals surface area contributed by atoms with Gasteiger partial charge in [-0.05, 0) is 61.2 Å². The predicted octanol–water partition coefficient (Wildman–Crippen LogP) is 4.67. The SMILES string of the molecule is CCOc1ccc(S(=O)(=O)N(CC(=O)NCC(CC)Cc2ccccc2)c2ccccc2)cc1. The number of amides is 1. The Morgan fingerprint density at radius 1 is 0.912 bits per heavy atom. The molecule has 0 radical (unpaired) electrons. The van der Waals surface area contributed by atoms with Crippen LogP contribution in [0.4, 0.5) is 5.69 Å². The highest BCUT2D eigenvalue weighted by Gasteiger charge is 2.27. The van der Waals surface area contributed by atoms with E-state index in [4.69, 9.17) is 4.74 Å². The van der Waals surface area contributed by atoms with Crippen LogP contribution in [0.15, 0.2) is 89.8 Å². The van der Waals surface area contributed by atoms with Gasteiger partial charge < -0.3 is 10.1 Å². The number of benzene rings is 3. The molecule has 0 aromatic heterocycles. The quantitative estimate of drug-likeness (QED) is 0.409. The molecule has 180 valence electrons. The Labute approximate surface area is 202 Å². The Morgan fingerprint density at radius 3 is 2.12 bits per heavy atom. The molecule has 0 aliphatic rings. The van der Waals surface area contributed by atoms with Crippen LogP contribution >= 0.6 is 0 Å². The molecular weight excluding hydrogens is 448 g/mol. The van der Waals surface area contributed by atoms with Gasteiger partial charge in [-0.25, -0.2) is 8.42 Å². The van der Waals surface area contributed by atoms with Gasteiger partial charge in [0.2, 0.25) is 5.91 Å². The standard InChI is InChI=1S/C27H32N2O4S/c1-3-22(19-23-11-7-5-8-12-23)20-28-27(30)21-29(24-13-9-6-10-14-24)34(31,32)26-17-15-25(16-18-26)33-4-2/h5-18,22H,3-4,19-21H2,1-2H3,(H,28,30). The van der Waals surface area contributed by atoms with Crippen molar-refractivity contribution in [3.05, 3.63) is 90.5 Å². The first-order valence-electron chi connectivity index (χ1n) is 11.5. The Morgan fingerprint density at radius 2 is 1.53 bits per heavy atom. The van der Waals surface area contributed by atoms with E-state index in [2.05, 4.69) is 24.4 Å². The third-order valence-corrected chi connectivity index (χ3v) is 7.37. The van der Waals surface area contributed by atoms with E-state index in [9.17, 15) is 13.2 Å². The van der Waals surface area contributed by atoms with Crippen molar-refractivity contribution in [2.24, 2.45) is 5.92 Å². The molecule has 1 unspecified atom stereocenters. The van der Waals surface area contributed by atoms with E-state index in [1.165, 1.54) is 17.7 Å². The predicted molar refractivity (Wildman–Crippen MR) is 136 cm³/mol. The molecule has 7 heteroatoms. The zero-order chi connectivity index (χ0) is 24.4. The molecule has 1 amide bonds. The number of rotatable bonds is 12. The zero-order valence-corrected chi connectivity index (χ0v) is 20.5. The second-order valence-corrected chi connectivity index (χ2v) is 9.88. The number of carbonyl (C=O) groups is 1. The van der Waals surface area contributed by atoms with Gasteiger partial charge in [-0.15, -0.1) is 0 Å². The lowest BCUT2D eigenvalue weighted by atomic mass is 9.97. The third kappa shape index (κ3) is 6.84. The van der Waals surface area contributed by atoms with Crippen molar-refractivity contribution in [3.63, 3.8) is 0 Å². The molecule has 3 aromatic carbocycles. The lowest BCUT2D eigenvalue weighted by Crippen LogP contribution is -2.42. The van der Waals surface area contributed by atoms with Gasteiger partial charge in [0.25, 0.3) is 10.0 Å². The average molecular weight is 481 g/mol. The summed E-state index contributed by atoms with van der Waals surface area (Å²) in [4.78, 5) is 13.0. The summed E-state index contributed by atoms with van der Waals surface area (Å²) in [6.07, 6.45) is 1.76. The monoisotopic (exact) mass is 480 g/mol. The Bertz CT molecular complexity index is 1130. The highest BCUT2D eigenvalue weighted by atomic mass is 32.2. The van der Waals surface area contributed by atoms with E-state index in [0.29, 0.717) is 24.6 Å². The molecule has 0 aliphatic heterocycles. The van der Waals surface area contributed by atoms with Crippen molar-refractivity contribution in [3.8, 4) is 5.75 Å². The molecule has 0 fully saturated rings. The fraction of sp³-hybridized carbons (Fsp3) is 0.296. The van der Waals surface area contributed by atoms with Gasteiger partial charge in [0.05, 0.1) is 17.2 Å². The summed E-state index contributed by atoms with van der Waals surface area (Å²) in [7, 11) is -3.96. The van der Waals surface area contributed by atoms with Gasteiger partial charge in [0.15, 0.2) is 0 Å². The minimum Gasteiger partial charge on any atom is -0.494 e. The Kier molecular flexibility index (Phi) is 9.10. The van der Waals surface area contributed by atoms with E-state index in [0.717, 1.165) is 17.1 Å². The van der Waals surface area contributed by atoms with Crippen molar-refractivity contribution in [2.45, 2.75) is 31.6 Å². The van der Waals surface area contributed by atoms with Crippen LogP contribution in [0.5, 0.6) is 5.75 Å². The number of hydrogen-bond acceptors (Lipinski definition) is 4. The van der Waals surface area contributed by atoms with Gasteiger partial charge in [-0.2, -0.15) is 0 Å². The number of nitrogens with zero attached hydrogens (tertiary/aromatic N) is 1. The highest BCUT2D eigenvalue weighted by molar-refractivity contribution is 7.92. The fourth-order valence-corrected chi connectivity index (χ4v) is 5.08.